The van der Waals surface area contributed by atoms with Gasteiger partial charge in [0.2, 0.25) is 0 Å². The first-order chi connectivity index (χ1) is 8.90. The van der Waals surface area contributed by atoms with Crippen molar-refractivity contribution in [2.75, 3.05) is 26.3 Å². The molecule has 1 heterocycles. The first-order valence-corrected chi connectivity index (χ1v) is 6.96. The Kier molecular flexibility index (Phi) is 5.65. The van der Waals surface area contributed by atoms with Gasteiger partial charge in [0.15, 0.2) is 0 Å². The molecule has 1 aromatic carbocycles. The Hall–Kier alpha value is -0.900. The molecule has 1 aromatic rings. The van der Waals surface area contributed by atoms with E-state index in [-0.39, 0.29) is 0 Å². The monoisotopic (exact) mass is 248 g/mol. The van der Waals surface area contributed by atoms with E-state index in [1.807, 2.05) is 0 Å². The molecule has 3 nitrogen and oxygen atoms in total. The number of hydrogen-bond donors (Lipinski definition) is 1. The fraction of sp³-hybridized carbons (Fsp3) is 0.600. The molecule has 2 rings (SSSR count). The summed E-state index contributed by atoms with van der Waals surface area (Å²) in [5.74, 6) is 0. The van der Waals surface area contributed by atoms with E-state index >= 15 is 0 Å². The zero-order valence-electron chi connectivity index (χ0n) is 11.1. The molecule has 100 valence electrons. The minimum absolute atomic E-state index is 0.561. The Morgan fingerprint density at radius 1 is 1.22 bits per heavy atom. The highest BCUT2D eigenvalue weighted by molar-refractivity contribution is 5.14. The number of likely N-dealkylation sites (tertiary alicyclic amines) is 1. The zero-order chi connectivity index (χ0) is 12.6. The van der Waals surface area contributed by atoms with Crippen LogP contribution in [0.2, 0.25) is 0 Å². The molecular weight excluding hydrogens is 224 g/mol. The molecular formula is C15H24N2O. The van der Waals surface area contributed by atoms with E-state index < -0.39 is 0 Å². The van der Waals surface area contributed by atoms with Crippen molar-refractivity contribution < 1.29 is 4.74 Å². The largest absolute Gasteiger partial charge is 0.379 e. The fourth-order valence-electron chi connectivity index (χ4n) is 2.58. The van der Waals surface area contributed by atoms with Gasteiger partial charge in [-0.25, -0.2) is 0 Å². The van der Waals surface area contributed by atoms with Gasteiger partial charge < -0.3 is 10.5 Å². The molecule has 18 heavy (non-hydrogen) atoms. The van der Waals surface area contributed by atoms with Crippen LogP contribution in [0.15, 0.2) is 30.3 Å². The molecule has 0 radical (unpaired) electrons. The average molecular weight is 248 g/mol. The van der Waals surface area contributed by atoms with Crippen LogP contribution in [0.1, 0.15) is 24.8 Å². The lowest BCUT2D eigenvalue weighted by atomic mass is 10.0. The predicted molar refractivity (Wildman–Crippen MR) is 74.4 cm³/mol. The van der Waals surface area contributed by atoms with Crippen LogP contribution in [0.5, 0.6) is 0 Å². The molecule has 0 unspecified atom stereocenters. The molecule has 1 aliphatic rings. The van der Waals surface area contributed by atoms with Gasteiger partial charge in [0.05, 0.1) is 13.2 Å². The Labute approximate surface area is 110 Å². The number of rotatable bonds is 6. The Balaban J connectivity index is 1.87. The summed E-state index contributed by atoms with van der Waals surface area (Å²) in [5, 5.41) is 0. The van der Waals surface area contributed by atoms with Crippen LogP contribution in [0.4, 0.5) is 0 Å². The lowest BCUT2D eigenvalue weighted by molar-refractivity contribution is 0.0392. The van der Waals surface area contributed by atoms with Crippen molar-refractivity contribution >= 4 is 0 Å². The molecule has 1 atom stereocenters. The van der Waals surface area contributed by atoms with Crippen molar-refractivity contribution in [1.82, 2.24) is 4.90 Å². The van der Waals surface area contributed by atoms with E-state index in [4.69, 9.17) is 10.5 Å². The summed E-state index contributed by atoms with van der Waals surface area (Å²) < 4.78 is 5.62. The number of benzene rings is 1. The third kappa shape index (κ3) is 4.09. The lowest BCUT2D eigenvalue weighted by Crippen LogP contribution is -2.42. The first-order valence-electron chi connectivity index (χ1n) is 6.96. The number of nitrogens with two attached hydrogens (primary N) is 1. The molecule has 3 heteroatoms. The van der Waals surface area contributed by atoms with Crippen LogP contribution < -0.4 is 5.73 Å². The molecule has 0 saturated carbocycles. The van der Waals surface area contributed by atoms with E-state index in [0.29, 0.717) is 19.2 Å². The molecule has 0 aliphatic carbocycles. The number of nitrogens with zero attached hydrogens (tertiary/aromatic N) is 1. The number of piperidine rings is 1. The summed E-state index contributed by atoms with van der Waals surface area (Å²) in [6, 6.07) is 11.3. The SMILES string of the molecule is NCCOC[C@H]1CCCCN1Cc1ccccc1. The maximum absolute atomic E-state index is 5.62. The second-order valence-corrected chi connectivity index (χ2v) is 4.97. The molecule has 1 aliphatic heterocycles. The van der Waals surface area contributed by atoms with Gasteiger partial charge in [-0.1, -0.05) is 36.8 Å². The Bertz CT molecular complexity index is 329. The lowest BCUT2D eigenvalue weighted by Gasteiger charge is -2.35. The second kappa shape index (κ2) is 7.52. The van der Waals surface area contributed by atoms with Crippen molar-refractivity contribution in [3.8, 4) is 0 Å². The summed E-state index contributed by atoms with van der Waals surface area (Å²) >= 11 is 0. The summed E-state index contributed by atoms with van der Waals surface area (Å²) in [7, 11) is 0. The smallest absolute Gasteiger partial charge is 0.0622 e. The summed E-state index contributed by atoms with van der Waals surface area (Å²) in [6.45, 7) is 4.34. The van der Waals surface area contributed by atoms with Gasteiger partial charge in [0, 0.05) is 19.1 Å². The number of ether oxygens (including phenoxy) is 1. The van der Waals surface area contributed by atoms with Crippen molar-refractivity contribution in [1.29, 1.82) is 0 Å². The van der Waals surface area contributed by atoms with E-state index in [9.17, 15) is 0 Å². The zero-order valence-corrected chi connectivity index (χ0v) is 11.1. The van der Waals surface area contributed by atoms with E-state index in [0.717, 1.165) is 13.2 Å². The highest BCUT2D eigenvalue weighted by Gasteiger charge is 2.22. The quantitative estimate of drug-likeness (QED) is 0.783. The Morgan fingerprint density at radius 2 is 2.06 bits per heavy atom. The van der Waals surface area contributed by atoms with E-state index in [1.165, 1.54) is 31.4 Å². The highest BCUT2D eigenvalue weighted by Crippen LogP contribution is 2.19. The second-order valence-electron chi connectivity index (χ2n) is 4.97. The third-order valence-corrected chi connectivity index (χ3v) is 3.55. The predicted octanol–water partition coefficient (Wildman–Crippen LogP) is 2.02. The molecule has 1 fully saturated rings. The van der Waals surface area contributed by atoms with E-state index in [1.54, 1.807) is 0 Å². The van der Waals surface area contributed by atoms with Gasteiger partial charge in [0.1, 0.15) is 0 Å². The van der Waals surface area contributed by atoms with Gasteiger partial charge >= 0.3 is 0 Å². The van der Waals surface area contributed by atoms with Crippen molar-refractivity contribution in [3.63, 3.8) is 0 Å². The fourth-order valence-corrected chi connectivity index (χ4v) is 2.58. The minimum atomic E-state index is 0.561. The van der Waals surface area contributed by atoms with Gasteiger partial charge in [0.25, 0.3) is 0 Å². The summed E-state index contributed by atoms with van der Waals surface area (Å²) in [6.07, 6.45) is 3.87. The molecule has 0 spiro atoms. The standard InChI is InChI=1S/C15H24N2O/c16-9-11-18-13-15-8-4-5-10-17(15)12-14-6-2-1-3-7-14/h1-3,6-7,15H,4-5,8-13,16H2/t15-/m1/s1. The molecule has 2 N–H and O–H groups in total. The molecule has 1 saturated heterocycles. The maximum atomic E-state index is 5.62. The van der Waals surface area contributed by atoms with Crippen LogP contribution in [0.3, 0.4) is 0 Å². The van der Waals surface area contributed by atoms with Crippen LogP contribution in [-0.2, 0) is 11.3 Å². The minimum Gasteiger partial charge on any atom is -0.379 e. The van der Waals surface area contributed by atoms with E-state index in [2.05, 4.69) is 35.2 Å². The number of hydrogen-bond acceptors (Lipinski definition) is 3. The van der Waals surface area contributed by atoms with Gasteiger partial charge in [-0.3, -0.25) is 4.90 Å². The van der Waals surface area contributed by atoms with Gasteiger partial charge in [-0.2, -0.15) is 0 Å². The topological polar surface area (TPSA) is 38.5 Å². The van der Waals surface area contributed by atoms with Crippen molar-refractivity contribution in [2.45, 2.75) is 31.8 Å². The third-order valence-electron chi connectivity index (χ3n) is 3.55. The van der Waals surface area contributed by atoms with Gasteiger partial charge in [-0.15, -0.1) is 0 Å². The summed E-state index contributed by atoms with van der Waals surface area (Å²) in [5.41, 5.74) is 6.86. The average Bonchev–Trinajstić information content (AvgIpc) is 2.42. The summed E-state index contributed by atoms with van der Waals surface area (Å²) in [4.78, 5) is 2.55. The van der Waals surface area contributed by atoms with Crippen LogP contribution in [0, 0.1) is 0 Å². The van der Waals surface area contributed by atoms with Gasteiger partial charge in [-0.05, 0) is 24.9 Å². The first kappa shape index (κ1) is 13.5. The normalized spacial score (nSPS) is 21.1. The maximum Gasteiger partial charge on any atom is 0.0622 e. The Morgan fingerprint density at radius 3 is 2.83 bits per heavy atom. The molecule has 0 bridgehead atoms. The molecule has 0 aromatic heterocycles. The van der Waals surface area contributed by atoms with Crippen molar-refractivity contribution in [2.24, 2.45) is 5.73 Å². The highest BCUT2D eigenvalue weighted by atomic mass is 16.5. The van der Waals surface area contributed by atoms with Crippen LogP contribution in [-0.4, -0.2) is 37.2 Å². The van der Waals surface area contributed by atoms with Crippen LogP contribution in [0.25, 0.3) is 0 Å². The van der Waals surface area contributed by atoms with Crippen molar-refractivity contribution in [3.05, 3.63) is 35.9 Å². The molecule has 0 amide bonds. The van der Waals surface area contributed by atoms with Crippen LogP contribution >= 0.6 is 0 Å².